The highest BCUT2D eigenvalue weighted by atomic mass is 14.9. The predicted octanol–water partition coefficient (Wildman–Crippen LogP) is 8.31. The van der Waals surface area contributed by atoms with Gasteiger partial charge in [-0.3, -0.25) is 0 Å². The molecule has 0 fully saturated rings. The average Bonchev–Trinajstić information content (AvgIpc) is 2.89. The summed E-state index contributed by atoms with van der Waals surface area (Å²) in [5, 5.41) is 0. The SMILES string of the molecule is C=C(N=C(CC)N=C(C)c1cccc(-c2ccccc2)c1)c1cccc(-c2ccccc2)c1. The Bertz CT molecular complexity index is 1300. The Hall–Kier alpha value is -4.04. The summed E-state index contributed by atoms with van der Waals surface area (Å²) in [5.41, 5.74) is 8.47. The van der Waals surface area contributed by atoms with Crippen molar-refractivity contribution in [3.05, 3.63) is 127 Å². The summed E-state index contributed by atoms with van der Waals surface area (Å²) in [7, 11) is 0. The van der Waals surface area contributed by atoms with Crippen LogP contribution in [-0.2, 0) is 0 Å². The Labute approximate surface area is 196 Å². The van der Waals surface area contributed by atoms with Crippen LogP contribution < -0.4 is 0 Å². The second kappa shape index (κ2) is 10.5. The molecule has 0 unspecified atom stereocenters. The van der Waals surface area contributed by atoms with E-state index in [1.54, 1.807) is 0 Å². The first-order valence-electron chi connectivity index (χ1n) is 11.3. The molecule has 0 atom stereocenters. The van der Waals surface area contributed by atoms with E-state index in [0.717, 1.165) is 40.4 Å². The van der Waals surface area contributed by atoms with Gasteiger partial charge in [-0.05, 0) is 46.9 Å². The molecule has 2 nitrogen and oxygen atoms in total. The maximum atomic E-state index is 4.85. The minimum absolute atomic E-state index is 0.721. The number of hydrogen-bond donors (Lipinski definition) is 0. The average molecular weight is 429 g/mol. The van der Waals surface area contributed by atoms with E-state index in [2.05, 4.69) is 98.4 Å². The van der Waals surface area contributed by atoms with E-state index < -0.39 is 0 Å². The van der Waals surface area contributed by atoms with Crippen LogP contribution in [0.4, 0.5) is 0 Å². The van der Waals surface area contributed by atoms with Crippen LogP contribution in [0, 0.1) is 0 Å². The molecule has 0 bridgehead atoms. The van der Waals surface area contributed by atoms with Crippen LogP contribution in [0.3, 0.4) is 0 Å². The highest BCUT2D eigenvalue weighted by Crippen LogP contribution is 2.24. The molecule has 162 valence electrons. The summed E-state index contributed by atoms with van der Waals surface area (Å²) in [6.45, 7) is 8.33. The molecule has 33 heavy (non-hydrogen) atoms. The molecule has 0 spiro atoms. The molecule has 0 N–H and O–H groups in total. The van der Waals surface area contributed by atoms with Crippen LogP contribution >= 0.6 is 0 Å². The normalized spacial score (nSPS) is 11.9. The standard InChI is InChI=1S/C31H28N2/c1-4-31(32-23(2)27-17-11-19-29(21-27)25-13-7-5-8-14-25)33-24(3)28-18-12-20-30(22-28)26-15-9-6-10-16-26/h5-22H,2,4H2,1,3H3. The van der Waals surface area contributed by atoms with Gasteiger partial charge in [-0.2, -0.15) is 0 Å². The minimum atomic E-state index is 0.721. The van der Waals surface area contributed by atoms with Crippen LogP contribution in [0.5, 0.6) is 0 Å². The molecule has 4 rings (SSSR count). The molecule has 2 heteroatoms. The van der Waals surface area contributed by atoms with Gasteiger partial charge >= 0.3 is 0 Å². The maximum absolute atomic E-state index is 4.85. The van der Waals surface area contributed by atoms with Crippen molar-refractivity contribution in [1.82, 2.24) is 0 Å². The Morgan fingerprint density at radius 3 is 1.64 bits per heavy atom. The van der Waals surface area contributed by atoms with E-state index >= 15 is 0 Å². The summed E-state index contributed by atoms with van der Waals surface area (Å²) >= 11 is 0. The second-order valence-electron chi connectivity index (χ2n) is 7.92. The third-order valence-electron chi connectivity index (χ3n) is 5.57. The van der Waals surface area contributed by atoms with Gasteiger partial charge in [-0.15, -0.1) is 0 Å². The van der Waals surface area contributed by atoms with E-state index in [4.69, 9.17) is 9.98 Å². The van der Waals surface area contributed by atoms with Crippen molar-refractivity contribution >= 4 is 17.2 Å². The van der Waals surface area contributed by atoms with Gasteiger partial charge in [0.15, 0.2) is 0 Å². The Balaban J connectivity index is 1.59. The number of rotatable bonds is 6. The van der Waals surface area contributed by atoms with Crippen molar-refractivity contribution < 1.29 is 0 Å². The van der Waals surface area contributed by atoms with Gasteiger partial charge in [0.25, 0.3) is 0 Å². The lowest BCUT2D eigenvalue weighted by molar-refractivity contribution is 1.23. The molecule has 0 amide bonds. The molecule has 4 aromatic rings. The van der Waals surface area contributed by atoms with Crippen LogP contribution in [0.2, 0.25) is 0 Å². The maximum Gasteiger partial charge on any atom is 0.128 e. The van der Waals surface area contributed by atoms with Gasteiger partial charge in [0, 0.05) is 17.7 Å². The van der Waals surface area contributed by atoms with Crippen LogP contribution in [0.1, 0.15) is 31.4 Å². The molecule has 0 aliphatic rings. The molecule has 0 saturated heterocycles. The molecule has 0 radical (unpaired) electrons. The number of amidine groups is 1. The molecule has 0 heterocycles. The lowest BCUT2D eigenvalue weighted by atomic mass is 10.0. The molecule has 0 aliphatic carbocycles. The fourth-order valence-electron chi connectivity index (χ4n) is 3.72. The van der Waals surface area contributed by atoms with E-state index in [0.29, 0.717) is 0 Å². The zero-order valence-electron chi connectivity index (χ0n) is 19.2. The second-order valence-corrected chi connectivity index (χ2v) is 7.92. The van der Waals surface area contributed by atoms with Crippen molar-refractivity contribution in [1.29, 1.82) is 0 Å². The molecule has 0 aliphatic heterocycles. The highest BCUT2D eigenvalue weighted by Gasteiger charge is 2.06. The first-order valence-corrected chi connectivity index (χ1v) is 11.3. The third-order valence-corrected chi connectivity index (χ3v) is 5.57. The molecule has 0 saturated carbocycles. The van der Waals surface area contributed by atoms with E-state index in [-0.39, 0.29) is 0 Å². The summed E-state index contributed by atoms with van der Waals surface area (Å²) in [4.78, 5) is 9.63. The summed E-state index contributed by atoms with van der Waals surface area (Å²) in [5.74, 6) is 0.771. The minimum Gasteiger partial charge on any atom is -0.238 e. The Morgan fingerprint density at radius 1 is 0.606 bits per heavy atom. The van der Waals surface area contributed by atoms with E-state index in [1.807, 2.05) is 31.2 Å². The predicted molar refractivity (Wildman–Crippen MR) is 143 cm³/mol. The monoisotopic (exact) mass is 428 g/mol. The Kier molecular flexibility index (Phi) is 7.06. The first kappa shape index (κ1) is 22.2. The van der Waals surface area contributed by atoms with Crippen molar-refractivity contribution in [3.63, 3.8) is 0 Å². The van der Waals surface area contributed by atoms with E-state index in [1.165, 1.54) is 16.7 Å². The summed E-state index contributed by atoms with van der Waals surface area (Å²) < 4.78 is 0. The Morgan fingerprint density at radius 2 is 1.09 bits per heavy atom. The van der Waals surface area contributed by atoms with Gasteiger partial charge in [0.05, 0.1) is 5.70 Å². The summed E-state index contributed by atoms with van der Waals surface area (Å²) in [6, 6.07) is 37.6. The molecular weight excluding hydrogens is 400 g/mol. The fourth-order valence-corrected chi connectivity index (χ4v) is 3.72. The lowest BCUT2D eigenvalue weighted by Crippen LogP contribution is -2.01. The van der Waals surface area contributed by atoms with Gasteiger partial charge in [-0.25, -0.2) is 9.98 Å². The van der Waals surface area contributed by atoms with Gasteiger partial charge in [-0.1, -0.05) is 111 Å². The number of benzene rings is 4. The van der Waals surface area contributed by atoms with Gasteiger partial charge in [0.2, 0.25) is 0 Å². The molecule has 4 aromatic carbocycles. The van der Waals surface area contributed by atoms with Crippen molar-refractivity contribution in [2.24, 2.45) is 9.98 Å². The van der Waals surface area contributed by atoms with Gasteiger partial charge < -0.3 is 0 Å². The van der Waals surface area contributed by atoms with Crippen LogP contribution in [-0.4, -0.2) is 11.5 Å². The van der Waals surface area contributed by atoms with Crippen LogP contribution in [0.15, 0.2) is 126 Å². The molecular formula is C31H28N2. The number of hydrogen-bond acceptors (Lipinski definition) is 1. The summed E-state index contributed by atoms with van der Waals surface area (Å²) in [6.07, 6.45) is 0.729. The largest absolute Gasteiger partial charge is 0.238 e. The number of aliphatic imine (C=N–C) groups is 2. The topological polar surface area (TPSA) is 24.7 Å². The van der Waals surface area contributed by atoms with Crippen molar-refractivity contribution in [2.75, 3.05) is 0 Å². The van der Waals surface area contributed by atoms with E-state index in [9.17, 15) is 0 Å². The quantitative estimate of drug-likeness (QED) is 0.218. The molecule has 0 aromatic heterocycles. The van der Waals surface area contributed by atoms with Crippen molar-refractivity contribution in [2.45, 2.75) is 20.3 Å². The first-order chi connectivity index (χ1) is 16.1. The highest BCUT2D eigenvalue weighted by molar-refractivity contribution is 6.07. The van der Waals surface area contributed by atoms with Gasteiger partial charge in [0.1, 0.15) is 5.84 Å². The fraction of sp³-hybridized carbons (Fsp3) is 0.0968. The smallest absolute Gasteiger partial charge is 0.128 e. The lowest BCUT2D eigenvalue weighted by Gasteiger charge is -2.08. The number of nitrogens with zero attached hydrogens (tertiary/aromatic N) is 2. The zero-order valence-corrected chi connectivity index (χ0v) is 19.2. The zero-order chi connectivity index (χ0) is 23.0. The van der Waals surface area contributed by atoms with Crippen molar-refractivity contribution in [3.8, 4) is 22.3 Å². The third kappa shape index (κ3) is 5.61. The van der Waals surface area contributed by atoms with Crippen LogP contribution in [0.25, 0.3) is 28.0 Å².